The number of halogens is 7. The van der Waals surface area contributed by atoms with Crippen LogP contribution in [0, 0.1) is 64.8 Å². The smallest absolute Gasteiger partial charge is 0.248 e. The third-order valence-electron chi connectivity index (χ3n) is 22.4. The highest BCUT2D eigenvalue weighted by molar-refractivity contribution is 7.12. The number of nitrogens with zero attached hydrogens (tertiary/aromatic N) is 7. The predicted octanol–water partition coefficient (Wildman–Crippen LogP) is 18.5. The van der Waals surface area contributed by atoms with Crippen LogP contribution in [0.2, 0.25) is 15.1 Å². The van der Waals surface area contributed by atoms with Crippen molar-refractivity contribution < 1.29 is 62.0 Å². The molecule has 22 nitrogen and oxygen atoms in total. The Bertz CT molecular complexity index is 5960. The van der Waals surface area contributed by atoms with Gasteiger partial charge in [0.25, 0.3) is 0 Å². The van der Waals surface area contributed by atoms with E-state index in [0.29, 0.717) is 102 Å². The average Bonchev–Trinajstić information content (AvgIpc) is 1.66. The molecule has 0 saturated heterocycles. The Morgan fingerprint density at radius 2 is 0.739 bits per heavy atom. The first-order valence-corrected chi connectivity index (χ1v) is 47.9. The molecule has 0 radical (unpaired) electrons. The number of rotatable bonds is 32. The summed E-state index contributed by atoms with van der Waals surface area (Å²) in [7, 11) is 11.7. The molecule has 4 atom stereocenters. The molecule has 5 amide bonds. The Morgan fingerprint density at radius 3 is 1.07 bits per heavy atom. The number of aliphatic hydroxyl groups excluding tert-OH is 4. The molecule has 33 heteroatoms. The minimum absolute atomic E-state index is 0.0522. The maximum Gasteiger partial charge on any atom is 0.248 e. The summed E-state index contributed by atoms with van der Waals surface area (Å²) in [6.45, 7) is 17.5. The largest absolute Gasteiger partial charge is 0.391 e. The molecule has 5 aliphatic rings. The van der Waals surface area contributed by atoms with Gasteiger partial charge < -0.3 is 67.4 Å². The second-order valence-electron chi connectivity index (χ2n) is 33.5. The number of aryl methyl sites for hydroxylation is 6. The molecule has 4 heterocycles. The van der Waals surface area contributed by atoms with Crippen molar-refractivity contribution in [3.63, 3.8) is 0 Å². The lowest BCUT2D eigenvalue weighted by Gasteiger charge is -2.21. The summed E-state index contributed by atoms with van der Waals surface area (Å²) < 4.78 is 54.9. The maximum absolute atomic E-state index is 13.9. The van der Waals surface area contributed by atoms with Crippen LogP contribution in [0.3, 0.4) is 0 Å². The molecule has 4 unspecified atom stereocenters. The van der Waals surface area contributed by atoms with Crippen LogP contribution in [0.15, 0.2) is 185 Å². The first-order valence-electron chi connectivity index (χ1n) is 43.5. The zero-order valence-corrected chi connectivity index (χ0v) is 82.9. The fraction of sp³-hybridized carbons (Fsp3) is 0.337. The highest BCUT2D eigenvalue weighted by Gasteiger charge is 2.31. The molecule has 710 valence electrons. The first kappa shape index (κ1) is 106. The van der Waals surface area contributed by atoms with Crippen LogP contribution in [0.1, 0.15) is 184 Å². The summed E-state index contributed by atoms with van der Waals surface area (Å²) in [4.78, 5) is 90.7. The van der Waals surface area contributed by atoms with Gasteiger partial charge in [0, 0.05) is 91.2 Å². The normalized spacial score (nSPS) is 14.7. The fourth-order valence-corrected chi connectivity index (χ4v) is 18.9. The second kappa shape index (κ2) is 49.9. The van der Waals surface area contributed by atoms with Crippen molar-refractivity contribution in [2.24, 2.45) is 5.73 Å². The molecular formula is C101H114Cl3F4N13O9S4. The van der Waals surface area contributed by atoms with E-state index < -0.39 is 11.6 Å². The molecule has 0 saturated carbocycles. The number of nitrogens with two attached hydrogens (primary N) is 1. The van der Waals surface area contributed by atoms with E-state index in [0.717, 1.165) is 137 Å². The number of hydrogen-bond donors (Lipinski definition) is 10. The zero-order valence-electron chi connectivity index (χ0n) is 77.4. The van der Waals surface area contributed by atoms with Crippen molar-refractivity contribution in [3.05, 3.63) is 325 Å². The van der Waals surface area contributed by atoms with Gasteiger partial charge in [-0.3, -0.25) is 24.0 Å². The van der Waals surface area contributed by atoms with Gasteiger partial charge in [-0.1, -0.05) is 145 Å². The maximum atomic E-state index is 13.9. The number of aliphatic hydroxyl groups is 4. The number of allylic oxidation sites excluding steroid dienone is 15. The Balaban J connectivity index is 0.000000175. The van der Waals surface area contributed by atoms with E-state index >= 15 is 0 Å². The van der Waals surface area contributed by atoms with Gasteiger partial charge in [0.05, 0.1) is 103 Å². The summed E-state index contributed by atoms with van der Waals surface area (Å²) in [6.07, 6.45) is 20.7. The molecule has 0 spiro atoms. The van der Waals surface area contributed by atoms with Crippen molar-refractivity contribution >= 4 is 138 Å². The zero-order chi connectivity index (χ0) is 97.5. The summed E-state index contributed by atoms with van der Waals surface area (Å²) >= 11 is 23.0. The minimum atomic E-state index is -0.479. The topological polar surface area (TPSA) is 314 Å². The van der Waals surface area contributed by atoms with Gasteiger partial charge in [-0.25, -0.2) is 37.5 Å². The van der Waals surface area contributed by atoms with Gasteiger partial charge in [0.1, 0.15) is 43.3 Å². The predicted molar refractivity (Wildman–Crippen MR) is 532 cm³/mol. The van der Waals surface area contributed by atoms with Crippen molar-refractivity contribution in [3.8, 4) is 0 Å². The number of carbonyl (C=O) groups excluding carboxylic acids is 5. The highest BCUT2D eigenvalue weighted by atomic mass is 35.5. The van der Waals surface area contributed by atoms with E-state index in [-0.39, 0.29) is 108 Å². The Morgan fingerprint density at radius 1 is 0.410 bits per heavy atom. The summed E-state index contributed by atoms with van der Waals surface area (Å²) in [5.74, 6) is -2.08. The molecule has 0 bridgehead atoms. The van der Waals surface area contributed by atoms with Crippen LogP contribution in [-0.2, 0) is 50.4 Å². The van der Waals surface area contributed by atoms with E-state index in [4.69, 9.17) is 40.5 Å². The lowest BCUT2D eigenvalue weighted by molar-refractivity contribution is -0.119. The van der Waals surface area contributed by atoms with Gasteiger partial charge >= 0.3 is 0 Å². The van der Waals surface area contributed by atoms with Gasteiger partial charge in [0.2, 0.25) is 29.5 Å². The van der Waals surface area contributed by atoms with Crippen molar-refractivity contribution in [1.29, 1.82) is 0 Å². The number of nitrogens with one attached hydrogen (secondary N) is 5. The molecule has 134 heavy (non-hydrogen) atoms. The van der Waals surface area contributed by atoms with Crippen molar-refractivity contribution in [2.75, 3.05) is 75.0 Å². The van der Waals surface area contributed by atoms with Crippen LogP contribution < -0.4 is 32.3 Å². The van der Waals surface area contributed by atoms with E-state index in [2.05, 4.69) is 51.4 Å². The molecule has 9 aromatic rings. The van der Waals surface area contributed by atoms with Crippen molar-refractivity contribution in [2.45, 2.75) is 151 Å². The van der Waals surface area contributed by atoms with Crippen LogP contribution in [0.5, 0.6) is 0 Å². The van der Waals surface area contributed by atoms with E-state index in [9.17, 15) is 62.0 Å². The lowest BCUT2D eigenvalue weighted by atomic mass is 10.0. The lowest BCUT2D eigenvalue weighted by Crippen LogP contribution is -2.35. The molecule has 11 N–H and O–H groups in total. The van der Waals surface area contributed by atoms with E-state index in [1.165, 1.54) is 81.7 Å². The quantitative estimate of drug-likeness (QED) is 0.0175. The second-order valence-corrected chi connectivity index (χ2v) is 39.2. The number of benzene rings is 5. The summed E-state index contributed by atoms with van der Waals surface area (Å²) in [5, 5.41) is 56.7. The van der Waals surface area contributed by atoms with E-state index in [1.807, 2.05) is 160 Å². The van der Waals surface area contributed by atoms with Crippen LogP contribution in [0.25, 0.3) is 27.9 Å². The molecule has 4 aromatic heterocycles. The number of likely N-dealkylation sites (N-methyl/N-ethyl adjacent to an activating group) is 2. The molecule has 5 aliphatic carbocycles. The van der Waals surface area contributed by atoms with Gasteiger partial charge in [-0.15, -0.1) is 45.3 Å². The molecular weight excluding hydrogens is 1850 g/mol. The molecule has 5 aromatic carbocycles. The van der Waals surface area contributed by atoms with Crippen LogP contribution >= 0.6 is 80.1 Å². The third kappa shape index (κ3) is 29.1. The van der Waals surface area contributed by atoms with Crippen LogP contribution in [-0.4, -0.2) is 160 Å². The van der Waals surface area contributed by atoms with Crippen molar-refractivity contribution in [1.82, 2.24) is 61.2 Å². The van der Waals surface area contributed by atoms with Gasteiger partial charge in [0.15, 0.2) is 0 Å². The molecule has 0 fully saturated rings. The van der Waals surface area contributed by atoms with E-state index in [1.54, 1.807) is 62.4 Å². The number of aromatic nitrogens is 4. The minimum Gasteiger partial charge on any atom is -0.391 e. The highest BCUT2D eigenvalue weighted by Crippen LogP contribution is 2.39. The number of amides is 5. The molecule has 0 aliphatic heterocycles. The Hall–Kier alpha value is -10.4. The monoisotopic (exact) mass is 1960 g/mol. The summed E-state index contributed by atoms with van der Waals surface area (Å²) in [5.41, 5.74) is 23.3. The fourth-order valence-electron chi connectivity index (χ4n) is 14.6. The molecule has 14 rings (SSSR count). The Labute approximate surface area is 811 Å². The third-order valence-corrected chi connectivity index (χ3v) is 28.3. The standard InChI is InChI=1S/C23H28FN3O2S.C22H26FN3O2S.C21H23ClFN3O2S.C20H22ClN3O2S.C15H15ClFNO/c1-14-5-6-17(12-19(14)24)16-7-8-18(11-16)22(29)26-20(9-10-27(3)4)23-25-15(2)21(13-28)30-23;1-13-5-6-16(10-18(13)23)15-7-8-17(9-15)21(28)25-19(11-26(3)4)22-24-14(2)20(12-27)29-22;1-12-19(11-27)29-21(24-12)18(10-26(2)3)25-20(28)15-5-4-13(8-15)14-6-7-16(22)17(23)9-14;1-11-7-14(13-3-5-15(21)6-4-13)8-16(11)19(26)24-17(9-22)20-23-12(2)18(10-25)27-20;1-2-7-18-15(19)12-4-3-10(8-12)11-5-6-13(16)14(17)9-11/h5-8,12,20,28H,9-11,13H2,1-4H3,(H,26,29);5-8,10,19,27H,9,11-12H2,1-4H3,(H,25,28);4-7,9,18,27H,8,10-11H2,1-3H3,(H,25,28);3-7,17,25H,8-10,22H2,1-2H3,(H,24,26);3-6,9H,2,7-8H2,1H3,(H,18,19). The van der Waals surface area contributed by atoms with Gasteiger partial charge in [-0.2, -0.15) is 0 Å². The number of carbonyl (C=O) groups is 5. The number of hydrogen-bond acceptors (Lipinski definition) is 21. The Kier molecular flexibility index (Phi) is 39.4. The first-order chi connectivity index (χ1) is 63.9. The average molecular weight is 1960 g/mol. The number of thiazole rings is 4. The van der Waals surface area contributed by atoms with Gasteiger partial charge in [-0.05, 0) is 231 Å². The SMILES string of the molecule is CC1=C(C(=O)NC(CN)c2nc(C)c(CO)s2)CC(c2ccc(Cl)cc2)=C1.CCCNC(=O)C1=CC=C(c2ccc(Cl)c(F)c2)C1.Cc1ccc(C2=CC=C(C(=O)NC(CCN(C)C)c3nc(C)c(CO)s3)C2)cc1F.Cc1ccc(C2=CC=C(C(=O)NC(CN(C)C)c3nc(C)c(CO)s3)C2)cc1F.Cc1nc(C(CN(C)C)NC(=O)C2=CC=C(c3ccc(Cl)c(F)c3)C2)sc1CO. The summed E-state index contributed by atoms with van der Waals surface area (Å²) in [6, 6.07) is 26.1. The van der Waals surface area contributed by atoms with Crippen LogP contribution in [0.4, 0.5) is 17.6 Å².